The van der Waals surface area contributed by atoms with Crippen molar-refractivity contribution in [1.82, 2.24) is 29.5 Å². The Bertz CT molecular complexity index is 1050. The zero-order valence-electron chi connectivity index (χ0n) is 15.1. The molecule has 6 nitrogen and oxygen atoms in total. The molecular weight excluding hydrogens is 324 g/mol. The fraction of sp³-hybridized carbons (Fsp3) is 0.250. The number of aryl methyl sites for hydroxylation is 1. The molecule has 4 aromatic rings. The van der Waals surface area contributed by atoms with E-state index in [2.05, 4.69) is 49.4 Å². The Morgan fingerprint density at radius 1 is 1.00 bits per heavy atom. The number of nitrogens with zero attached hydrogens (tertiary/aromatic N) is 6. The fourth-order valence-corrected chi connectivity index (χ4v) is 3.22. The van der Waals surface area contributed by atoms with Gasteiger partial charge >= 0.3 is 0 Å². The summed E-state index contributed by atoms with van der Waals surface area (Å²) in [6.45, 7) is 6.36. The number of hydrogen-bond donors (Lipinski definition) is 0. The van der Waals surface area contributed by atoms with Crippen LogP contribution in [0, 0.1) is 6.92 Å². The second-order valence-corrected chi connectivity index (χ2v) is 6.58. The van der Waals surface area contributed by atoms with Crippen LogP contribution in [-0.2, 0) is 6.42 Å². The second-order valence-electron chi connectivity index (χ2n) is 6.58. The quantitative estimate of drug-likeness (QED) is 0.564. The van der Waals surface area contributed by atoms with E-state index in [1.165, 1.54) is 0 Å². The van der Waals surface area contributed by atoms with E-state index in [4.69, 9.17) is 0 Å². The number of imidazole rings is 1. The molecule has 0 aromatic carbocycles. The van der Waals surface area contributed by atoms with Crippen molar-refractivity contribution in [2.75, 3.05) is 0 Å². The Hall–Kier alpha value is -3.15. The SMILES string of the molecule is Cc1nc2cnc(Cc3ccnc(-c4cccnc4)n3)cc2n1C(C)C. The summed E-state index contributed by atoms with van der Waals surface area (Å²) < 4.78 is 2.24. The number of pyridine rings is 2. The highest BCUT2D eigenvalue weighted by Crippen LogP contribution is 2.22. The van der Waals surface area contributed by atoms with Crippen molar-refractivity contribution in [3.63, 3.8) is 0 Å². The molecule has 0 spiro atoms. The molecule has 0 fully saturated rings. The maximum atomic E-state index is 4.67. The van der Waals surface area contributed by atoms with Crippen LogP contribution in [-0.4, -0.2) is 29.5 Å². The topological polar surface area (TPSA) is 69.4 Å². The van der Waals surface area contributed by atoms with Gasteiger partial charge in [0.15, 0.2) is 5.82 Å². The molecule has 0 bridgehead atoms. The summed E-state index contributed by atoms with van der Waals surface area (Å²) in [4.78, 5) is 22.3. The van der Waals surface area contributed by atoms with E-state index in [0.717, 1.165) is 33.8 Å². The summed E-state index contributed by atoms with van der Waals surface area (Å²) in [6.07, 6.45) is 7.79. The smallest absolute Gasteiger partial charge is 0.160 e. The van der Waals surface area contributed by atoms with Crippen LogP contribution in [0.5, 0.6) is 0 Å². The first-order chi connectivity index (χ1) is 12.6. The van der Waals surface area contributed by atoms with Gasteiger partial charge in [0.2, 0.25) is 0 Å². The van der Waals surface area contributed by atoms with Crippen LogP contribution >= 0.6 is 0 Å². The third kappa shape index (κ3) is 3.06. The zero-order chi connectivity index (χ0) is 18.1. The molecule has 0 aliphatic heterocycles. The van der Waals surface area contributed by atoms with Gasteiger partial charge in [-0.25, -0.2) is 15.0 Å². The largest absolute Gasteiger partial charge is 0.326 e. The van der Waals surface area contributed by atoms with Gasteiger partial charge in [-0.15, -0.1) is 0 Å². The molecule has 0 unspecified atom stereocenters. The van der Waals surface area contributed by atoms with Gasteiger partial charge in [-0.1, -0.05) is 0 Å². The first-order valence-corrected chi connectivity index (χ1v) is 8.67. The molecule has 0 aliphatic rings. The minimum absolute atomic E-state index is 0.353. The van der Waals surface area contributed by atoms with E-state index in [0.29, 0.717) is 18.3 Å². The first kappa shape index (κ1) is 16.3. The van der Waals surface area contributed by atoms with Crippen molar-refractivity contribution in [3.8, 4) is 11.4 Å². The molecule has 26 heavy (non-hydrogen) atoms. The van der Waals surface area contributed by atoms with Gasteiger partial charge in [0.05, 0.1) is 17.4 Å². The summed E-state index contributed by atoms with van der Waals surface area (Å²) in [5, 5.41) is 0. The van der Waals surface area contributed by atoms with E-state index in [1.807, 2.05) is 31.3 Å². The van der Waals surface area contributed by atoms with Crippen LogP contribution in [0.3, 0.4) is 0 Å². The highest BCUT2D eigenvalue weighted by Gasteiger charge is 2.12. The lowest BCUT2D eigenvalue weighted by molar-refractivity contribution is 0.600. The predicted octanol–water partition coefficient (Wildman–Crippen LogP) is 3.76. The van der Waals surface area contributed by atoms with Gasteiger partial charge in [0.25, 0.3) is 0 Å². The van der Waals surface area contributed by atoms with Crippen molar-refractivity contribution >= 4 is 11.0 Å². The third-order valence-corrected chi connectivity index (χ3v) is 4.32. The third-order valence-electron chi connectivity index (χ3n) is 4.32. The van der Waals surface area contributed by atoms with Gasteiger partial charge in [0.1, 0.15) is 11.3 Å². The van der Waals surface area contributed by atoms with Gasteiger partial charge < -0.3 is 4.57 Å². The zero-order valence-corrected chi connectivity index (χ0v) is 15.1. The number of hydrogen-bond acceptors (Lipinski definition) is 5. The fourth-order valence-electron chi connectivity index (χ4n) is 3.22. The molecule has 6 heteroatoms. The molecule has 0 radical (unpaired) electrons. The maximum Gasteiger partial charge on any atom is 0.160 e. The Kier molecular flexibility index (Phi) is 4.16. The Balaban J connectivity index is 1.68. The summed E-state index contributed by atoms with van der Waals surface area (Å²) in [5.74, 6) is 1.69. The van der Waals surface area contributed by atoms with Crippen molar-refractivity contribution in [2.45, 2.75) is 33.2 Å². The van der Waals surface area contributed by atoms with Crippen molar-refractivity contribution in [1.29, 1.82) is 0 Å². The van der Waals surface area contributed by atoms with Crippen LogP contribution in [0.15, 0.2) is 49.1 Å². The minimum Gasteiger partial charge on any atom is -0.326 e. The van der Waals surface area contributed by atoms with Crippen LogP contribution in [0.25, 0.3) is 22.4 Å². The lowest BCUT2D eigenvalue weighted by Gasteiger charge is -2.11. The summed E-state index contributed by atoms with van der Waals surface area (Å²) in [7, 11) is 0. The number of fused-ring (bicyclic) bond motifs is 1. The molecule has 0 atom stereocenters. The van der Waals surface area contributed by atoms with Crippen molar-refractivity contribution < 1.29 is 0 Å². The highest BCUT2D eigenvalue weighted by molar-refractivity contribution is 5.75. The molecule has 4 rings (SSSR count). The second kappa shape index (κ2) is 6.63. The van der Waals surface area contributed by atoms with E-state index in [9.17, 15) is 0 Å². The van der Waals surface area contributed by atoms with E-state index in [1.54, 1.807) is 18.6 Å². The molecule has 130 valence electrons. The molecule has 4 aromatic heterocycles. The highest BCUT2D eigenvalue weighted by atomic mass is 15.1. The summed E-state index contributed by atoms with van der Waals surface area (Å²) in [5.41, 5.74) is 4.85. The van der Waals surface area contributed by atoms with Gasteiger partial charge in [-0.3, -0.25) is 9.97 Å². The summed E-state index contributed by atoms with van der Waals surface area (Å²) in [6, 6.07) is 8.24. The maximum absolute atomic E-state index is 4.67. The monoisotopic (exact) mass is 344 g/mol. The number of rotatable bonds is 4. The lowest BCUT2D eigenvalue weighted by Crippen LogP contribution is -2.03. The molecule has 0 saturated heterocycles. The molecule has 0 aliphatic carbocycles. The molecular formula is C20H20N6. The van der Waals surface area contributed by atoms with Crippen LogP contribution < -0.4 is 0 Å². The first-order valence-electron chi connectivity index (χ1n) is 8.67. The van der Waals surface area contributed by atoms with Gasteiger partial charge in [-0.2, -0.15) is 0 Å². The van der Waals surface area contributed by atoms with Gasteiger partial charge in [0, 0.05) is 42.3 Å². The number of aromatic nitrogens is 6. The lowest BCUT2D eigenvalue weighted by atomic mass is 10.2. The van der Waals surface area contributed by atoms with E-state index in [-0.39, 0.29) is 0 Å². The van der Waals surface area contributed by atoms with Crippen LogP contribution in [0.2, 0.25) is 0 Å². The molecule has 0 N–H and O–H groups in total. The minimum atomic E-state index is 0.353. The van der Waals surface area contributed by atoms with E-state index >= 15 is 0 Å². The Morgan fingerprint density at radius 3 is 2.65 bits per heavy atom. The Labute approximate surface area is 152 Å². The molecule has 0 amide bonds. The predicted molar refractivity (Wildman–Crippen MR) is 101 cm³/mol. The average Bonchev–Trinajstić information content (AvgIpc) is 2.98. The average molecular weight is 344 g/mol. The van der Waals surface area contributed by atoms with E-state index < -0.39 is 0 Å². The van der Waals surface area contributed by atoms with Crippen LogP contribution in [0.4, 0.5) is 0 Å². The van der Waals surface area contributed by atoms with Gasteiger partial charge in [-0.05, 0) is 45.0 Å². The normalized spacial score (nSPS) is 11.4. The molecule has 4 heterocycles. The van der Waals surface area contributed by atoms with Crippen molar-refractivity contribution in [2.24, 2.45) is 0 Å². The van der Waals surface area contributed by atoms with Crippen LogP contribution in [0.1, 0.15) is 37.1 Å². The Morgan fingerprint density at radius 2 is 1.88 bits per heavy atom. The standard InChI is InChI=1S/C20H20N6/c1-13(2)26-14(3)24-18-12-23-17(10-19(18)26)9-16-6-8-22-20(25-16)15-5-4-7-21-11-15/h4-8,10-13H,9H2,1-3H3. The van der Waals surface area contributed by atoms with Crippen molar-refractivity contribution in [3.05, 3.63) is 66.3 Å². The summed E-state index contributed by atoms with van der Waals surface area (Å²) >= 11 is 0. The molecule has 0 saturated carbocycles.